The van der Waals surface area contributed by atoms with Crippen LogP contribution in [0.5, 0.6) is 5.75 Å². The third kappa shape index (κ3) is 4.07. The van der Waals surface area contributed by atoms with Crippen LogP contribution in [-0.4, -0.2) is 30.1 Å². The van der Waals surface area contributed by atoms with Gasteiger partial charge in [0.05, 0.1) is 12.7 Å². The third-order valence-corrected chi connectivity index (χ3v) is 3.26. The van der Waals surface area contributed by atoms with E-state index in [0.717, 1.165) is 12.1 Å². The van der Waals surface area contributed by atoms with Crippen molar-refractivity contribution >= 4 is 5.97 Å². The molecule has 4 heteroatoms. The van der Waals surface area contributed by atoms with E-state index in [1.807, 2.05) is 25.2 Å². The van der Waals surface area contributed by atoms with Crippen LogP contribution in [0.15, 0.2) is 48.5 Å². The summed E-state index contributed by atoms with van der Waals surface area (Å²) < 4.78 is 5.31. The van der Waals surface area contributed by atoms with Crippen LogP contribution >= 0.6 is 0 Å². The normalized spacial score (nSPS) is 10.6. The molecule has 0 unspecified atom stereocenters. The summed E-state index contributed by atoms with van der Waals surface area (Å²) in [5.41, 5.74) is 2.36. The highest BCUT2D eigenvalue weighted by molar-refractivity contribution is 5.88. The average Bonchev–Trinajstić information content (AvgIpc) is 2.48. The Hall–Kier alpha value is -2.33. The van der Waals surface area contributed by atoms with Crippen molar-refractivity contribution in [3.8, 4) is 5.75 Å². The second-order valence-electron chi connectivity index (χ2n) is 4.99. The number of carboxylic acids is 1. The van der Waals surface area contributed by atoms with Crippen LogP contribution in [-0.2, 0) is 13.1 Å². The van der Waals surface area contributed by atoms with Crippen molar-refractivity contribution in [2.45, 2.75) is 13.1 Å². The molecule has 0 fully saturated rings. The molecule has 1 N–H and O–H groups in total. The first-order valence-corrected chi connectivity index (χ1v) is 6.73. The standard InChI is InChI=1S/C17H19NO3/c1-18(11-13-6-4-3-5-7-13)12-15-10-14(17(19)20)8-9-16(15)21-2/h3-10H,11-12H2,1-2H3,(H,19,20). The van der Waals surface area contributed by atoms with E-state index in [9.17, 15) is 4.79 Å². The molecule has 0 spiro atoms. The minimum absolute atomic E-state index is 0.277. The Morgan fingerprint density at radius 2 is 1.86 bits per heavy atom. The predicted octanol–water partition coefficient (Wildman–Crippen LogP) is 3.03. The molecule has 0 aromatic heterocycles. The summed E-state index contributed by atoms with van der Waals surface area (Å²) in [5.74, 6) is -0.218. The number of ether oxygens (including phenoxy) is 1. The van der Waals surface area contributed by atoms with E-state index in [-0.39, 0.29) is 5.56 Å². The van der Waals surface area contributed by atoms with E-state index < -0.39 is 5.97 Å². The van der Waals surface area contributed by atoms with E-state index in [4.69, 9.17) is 9.84 Å². The Morgan fingerprint density at radius 1 is 1.14 bits per heavy atom. The molecule has 0 heterocycles. The fourth-order valence-electron chi connectivity index (χ4n) is 2.28. The number of methoxy groups -OCH3 is 1. The van der Waals surface area contributed by atoms with Gasteiger partial charge in [0.1, 0.15) is 5.75 Å². The lowest BCUT2D eigenvalue weighted by Gasteiger charge is -2.19. The van der Waals surface area contributed by atoms with Crippen molar-refractivity contribution in [2.75, 3.05) is 14.2 Å². The second kappa shape index (κ2) is 6.90. The molecule has 0 saturated carbocycles. The van der Waals surface area contributed by atoms with Gasteiger partial charge in [-0.25, -0.2) is 4.79 Å². The van der Waals surface area contributed by atoms with Gasteiger partial charge in [0.25, 0.3) is 0 Å². The molecule has 0 radical (unpaired) electrons. The summed E-state index contributed by atoms with van der Waals surface area (Å²) in [4.78, 5) is 13.2. The maximum absolute atomic E-state index is 11.1. The van der Waals surface area contributed by atoms with Crippen LogP contribution in [0, 0.1) is 0 Å². The van der Waals surface area contributed by atoms with Gasteiger partial charge in [0.2, 0.25) is 0 Å². The lowest BCUT2D eigenvalue weighted by molar-refractivity contribution is 0.0696. The third-order valence-electron chi connectivity index (χ3n) is 3.26. The Kier molecular flexibility index (Phi) is 4.95. The highest BCUT2D eigenvalue weighted by Gasteiger charge is 2.11. The predicted molar refractivity (Wildman–Crippen MR) is 81.6 cm³/mol. The Balaban J connectivity index is 2.13. The number of aromatic carboxylic acids is 1. The van der Waals surface area contributed by atoms with E-state index in [0.29, 0.717) is 12.3 Å². The zero-order valence-electron chi connectivity index (χ0n) is 12.2. The lowest BCUT2D eigenvalue weighted by Crippen LogP contribution is -2.18. The van der Waals surface area contributed by atoms with Gasteiger partial charge in [-0.1, -0.05) is 30.3 Å². The van der Waals surface area contributed by atoms with Gasteiger partial charge < -0.3 is 9.84 Å². The van der Waals surface area contributed by atoms with Crippen LogP contribution in [0.4, 0.5) is 0 Å². The number of nitrogens with zero attached hydrogens (tertiary/aromatic N) is 1. The maximum Gasteiger partial charge on any atom is 0.335 e. The van der Waals surface area contributed by atoms with Gasteiger partial charge in [0.15, 0.2) is 0 Å². The molecule has 2 aromatic rings. The Morgan fingerprint density at radius 3 is 2.48 bits per heavy atom. The largest absolute Gasteiger partial charge is 0.496 e. The fraction of sp³-hybridized carbons (Fsp3) is 0.235. The van der Waals surface area contributed by atoms with Crippen molar-refractivity contribution in [1.82, 2.24) is 4.90 Å². The summed E-state index contributed by atoms with van der Waals surface area (Å²) in [6.07, 6.45) is 0. The van der Waals surface area contributed by atoms with E-state index in [2.05, 4.69) is 17.0 Å². The molecule has 0 atom stereocenters. The summed E-state index contributed by atoms with van der Waals surface area (Å²) in [6.45, 7) is 1.42. The Labute approximate surface area is 124 Å². The first-order valence-electron chi connectivity index (χ1n) is 6.73. The monoisotopic (exact) mass is 285 g/mol. The molecule has 0 aliphatic heterocycles. The molecule has 21 heavy (non-hydrogen) atoms. The van der Waals surface area contributed by atoms with Crippen molar-refractivity contribution in [3.63, 3.8) is 0 Å². The molecule has 2 aromatic carbocycles. The quantitative estimate of drug-likeness (QED) is 0.886. The maximum atomic E-state index is 11.1. The van der Waals surface area contributed by atoms with Gasteiger partial charge in [-0.3, -0.25) is 4.90 Å². The SMILES string of the molecule is COc1ccc(C(=O)O)cc1CN(C)Cc1ccccc1. The van der Waals surface area contributed by atoms with Gasteiger partial charge in [-0.2, -0.15) is 0 Å². The number of hydrogen-bond donors (Lipinski definition) is 1. The molecule has 2 rings (SSSR count). The highest BCUT2D eigenvalue weighted by Crippen LogP contribution is 2.22. The van der Waals surface area contributed by atoms with Gasteiger partial charge in [-0.15, -0.1) is 0 Å². The number of hydrogen-bond acceptors (Lipinski definition) is 3. The molecule has 4 nitrogen and oxygen atoms in total. The van der Waals surface area contributed by atoms with Crippen molar-refractivity contribution in [2.24, 2.45) is 0 Å². The van der Waals surface area contributed by atoms with Gasteiger partial charge in [-0.05, 0) is 30.8 Å². The molecular weight excluding hydrogens is 266 g/mol. The highest BCUT2D eigenvalue weighted by atomic mass is 16.5. The first-order chi connectivity index (χ1) is 10.1. The zero-order chi connectivity index (χ0) is 15.2. The molecule has 0 saturated heterocycles. The zero-order valence-corrected chi connectivity index (χ0v) is 12.2. The minimum atomic E-state index is -0.926. The average molecular weight is 285 g/mol. The summed E-state index contributed by atoms with van der Waals surface area (Å²) >= 11 is 0. The first kappa shape index (κ1) is 15.1. The molecule has 0 aliphatic rings. The number of carboxylic acid groups (broad SMARTS) is 1. The number of rotatable bonds is 6. The van der Waals surface area contributed by atoms with Crippen molar-refractivity contribution in [3.05, 3.63) is 65.2 Å². The minimum Gasteiger partial charge on any atom is -0.496 e. The van der Waals surface area contributed by atoms with Crippen molar-refractivity contribution in [1.29, 1.82) is 0 Å². The van der Waals surface area contributed by atoms with E-state index >= 15 is 0 Å². The summed E-state index contributed by atoms with van der Waals surface area (Å²) in [5, 5.41) is 9.09. The molecule has 110 valence electrons. The molecule has 0 bridgehead atoms. The summed E-state index contributed by atoms with van der Waals surface area (Å²) in [7, 11) is 3.59. The topological polar surface area (TPSA) is 49.8 Å². The smallest absolute Gasteiger partial charge is 0.335 e. The van der Waals surface area contributed by atoms with Crippen LogP contribution in [0.25, 0.3) is 0 Å². The number of carbonyl (C=O) groups is 1. The second-order valence-corrected chi connectivity index (χ2v) is 4.99. The lowest BCUT2D eigenvalue weighted by atomic mass is 10.1. The van der Waals surface area contributed by atoms with E-state index in [1.54, 1.807) is 25.3 Å². The molecule has 0 amide bonds. The van der Waals surface area contributed by atoms with Crippen LogP contribution in [0.3, 0.4) is 0 Å². The molecular formula is C17H19NO3. The Bertz CT molecular complexity index is 611. The molecule has 0 aliphatic carbocycles. The van der Waals surface area contributed by atoms with Crippen LogP contribution < -0.4 is 4.74 Å². The van der Waals surface area contributed by atoms with Crippen LogP contribution in [0.2, 0.25) is 0 Å². The van der Waals surface area contributed by atoms with Crippen LogP contribution in [0.1, 0.15) is 21.5 Å². The summed E-state index contributed by atoms with van der Waals surface area (Å²) in [6, 6.07) is 15.1. The number of benzene rings is 2. The van der Waals surface area contributed by atoms with Gasteiger partial charge >= 0.3 is 5.97 Å². The van der Waals surface area contributed by atoms with Gasteiger partial charge in [0, 0.05) is 18.7 Å². The fourth-order valence-corrected chi connectivity index (χ4v) is 2.28. The van der Waals surface area contributed by atoms with E-state index in [1.165, 1.54) is 5.56 Å². The van der Waals surface area contributed by atoms with Crippen molar-refractivity contribution < 1.29 is 14.6 Å².